The van der Waals surface area contributed by atoms with E-state index in [1.54, 1.807) is 9.80 Å². The van der Waals surface area contributed by atoms with Crippen molar-refractivity contribution in [2.75, 3.05) is 39.3 Å². The summed E-state index contributed by atoms with van der Waals surface area (Å²) in [6.45, 7) is 8.97. The molecule has 3 N–H and O–H groups in total. The lowest BCUT2D eigenvalue weighted by molar-refractivity contribution is -0.131. The van der Waals surface area contributed by atoms with Crippen LogP contribution in [0.2, 0.25) is 0 Å². The fourth-order valence-electron chi connectivity index (χ4n) is 3.20. The second-order valence-corrected chi connectivity index (χ2v) is 8.45. The molecule has 0 saturated carbocycles. The number of nitrogens with zero attached hydrogens (tertiary/aromatic N) is 2. The molecule has 0 aliphatic heterocycles. The van der Waals surface area contributed by atoms with Crippen LogP contribution in [0.3, 0.4) is 0 Å². The Hall–Kier alpha value is -2.06. The summed E-state index contributed by atoms with van der Waals surface area (Å²) in [6.07, 6.45) is 17.2. The first-order valence-electron chi connectivity index (χ1n) is 12.3. The van der Waals surface area contributed by atoms with Crippen molar-refractivity contribution in [3.63, 3.8) is 0 Å². The molecule has 0 spiro atoms. The topological polar surface area (TPSA) is 95.7 Å². The van der Waals surface area contributed by atoms with Crippen LogP contribution < -0.4 is 10.6 Å². The highest BCUT2D eigenvalue weighted by atomic mass is 35.5. The average molecular weight is 497 g/mol. The van der Waals surface area contributed by atoms with Gasteiger partial charge in [-0.1, -0.05) is 39.0 Å². The molecular formula is C26H45ClN4O3. The summed E-state index contributed by atoms with van der Waals surface area (Å²) in [4.78, 5) is 41.1. The van der Waals surface area contributed by atoms with E-state index in [0.717, 1.165) is 38.6 Å². The van der Waals surface area contributed by atoms with E-state index < -0.39 is 0 Å². The molecule has 0 bridgehead atoms. The van der Waals surface area contributed by atoms with Crippen LogP contribution in [0.25, 0.3) is 0 Å². The molecular weight excluding hydrogens is 452 g/mol. The molecule has 8 heteroatoms. The largest absolute Gasteiger partial charge is 0.332 e. The van der Waals surface area contributed by atoms with Gasteiger partial charge in [-0.2, -0.15) is 0 Å². The number of rotatable bonds is 18. The molecule has 2 amide bonds. The normalized spacial score (nSPS) is 10.8. The molecule has 1 unspecified atom stereocenters. The first-order chi connectivity index (χ1) is 16.3. The monoisotopic (exact) mass is 496 g/mol. The van der Waals surface area contributed by atoms with E-state index in [4.69, 9.17) is 30.4 Å². The summed E-state index contributed by atoms with van der Waals surface area (Å²) in [6, 6.07) is 0. The van der Waals surface area contributed by atoms with Crippen molar-refractivity contribution in [2.24, 2.45) is 11.7 Å². The van der Waals surface area contributed by atoms with Gasteiger partial charge in [0.2, 0.25) is 11.8 Å². The number of amides is 2. The van der Waals surface area contributed by atoms with Crippen molar-refractivity contribution >= 4 is 29.4 Å². The van der Waals surface area contributed by atoms with Crippen LogP contribution in [0.4, 0.5) is 0 Å². The predicted molar refractivity (Wildman–Crippen MR) is 141 cm³/mol. The molecule has 34 heavy (non-hydrogen) atoms. The van der Waals surface area contributed by atoms with E-state index in [9.17, 15) is 14.4 Å². The minimum atomic E-state index is 0.0720. The maximum Gasteiger partial charge on any atom is 0.223 e. The van der Waals surface area contributed by atoms with Crippen molar-refractivity contribution in [1.82, 2.24) is 14.6 Å². The van der Waals surface area contributed by atoms with Crippen molar-refractivity contribution < 1.29 is 14.4 Å². The van der Waals surface area contributed by atoms with E-state index in [0.29, 0.717) is 58.4 Å². The molecule has 0 aromatic carbocycles. The molecule has 0 aromatic rings. The fourth-order valence-corrected chi connectivity index (χ4v) is 3.33. The minimum Gasteiger partial charge on any atom is -0.332 e. The standard InChI is InChI=1S/C17H29ClN2O2.C9H16N2O/c1-4-9-17(22)20(13-5-2)14-8-11-16(21)15(3)10-6-7-12-19-18;1-3-5-9(12)11(7-4-2)8-6-10/h2,15,19H,4,6-14H2,1,3H3;2H,3,5-8,10H2,1H3. The number of halogens is 1. The number of unbranched alkanes of at least 4 members (excludes halogenated alkanes) is 1. The summed E-state index contributed by atoms with van der Waals surface area (Å²) in [5.74, 6) is 5.47. The third kappa shape index (κ3) is 18.4. The Labute approximate surface area is 212 Å². The highest BCUT2D eigenvalue weighted by Gasteiger charge is 2.15. The quantitative estimate of drug-likeness (QED) is 0.172. The Balaban J connectivity index is 0. The van der Waals surface area contributed by atoms with Gasteiger partial charge in [0.05, 0.1) is 13.1 Å². The zero-order valence-electron chi connectivity index (χ0n) is 21.4. The molecule has 0 aliphatic carbocycles. The van der Waals surface area contributed by atoms with E-state index >= 15 is 0 Å². The minimum absolute atomic E-state index is 0.0720. The second kappa shape index (κ2) is 24.1. The number of terminal acetylenes is 2. The van der Waals surface area contributed by atoms with Gasteiger partial charge in [0, 0.05) is 51.4 Å². The van der Waals surface area contributed by atoms with Crippen molar-refractivity contribution in [3.05, 3.63) is 0 Å². The van der Waals surface area contributed by atoms with Gasteiger partial charge in [0.25, 0.3) is 0 Å². The molecule has 1 atom stereocenters. The number of carbonyl (C=O) groups is 3. The molecule has 0 rings (SSSR count). The Bertz CT molecular complexity index is 643. The van der Waals surface area contributed by atoms with Crippen LogP contribution in [-0.2, 0) is 14.4 Å². The molecule has 194 valence electrons. The van der Waals surface area contributed by atoms with Gasteiger partial charge < -0.3 is 15.5 Å². The zero-order chi connectivity index (χ0) is 26.2. The van der Waals surface area contributed by atoms with E-state index in [1.807, 2.05) is 20.8 Å². The fraction of sp³-hybridized carbons (Fsp3) is 0.731. The highest BCUT2D eigenvalue weighted by molar-refractivity contribution is 6.13. The number of Topliss-reactive ketones (excluding diaryl/α,β-unsaturated/α-hetero) is 1. The molecule has 7 nitrogen and oxygen atoms in total. The first-order valence-corrected chi connectivity index (χ1v) is 12.7. The maximum absolute atomic E-state index is 12.1. The number of hydrogen-bond acceptors (Lipinski definition) is 5. The molecule has 0 aromatic heterocycles. The predicted octanol–water partition coefficient (Wildman–Crippen LogP) is 3.35. The van der Waals surface area contributed by atoms with Gasteiger partial charge in [-0.05, 0) is 43.9 Å². The summed E-state index contributed by atoms with van der Waals surface area (Å²) in [5, 5.41) is 0. The number of nitrogens with one attached hydrogen (secondary N) is 1. The highest BCUT2D eigenvalue weighted by Crippen LogP contribution is 2.12. The van der Waals surface area contributed by atoms with Crippen LogP contribution >= 0.6 is 11.8 Å². The van der Waals surface area contributed by atoms with Crippen LogP contribution in [0, 0.1) is 30.6 Å². The van der Waals surface area contributed by atoms with E-state index in [2.05, 4.69) is 16.7 Å². The third-order valence-electron chi connectivity index (χ3n) is 5.16. The molecule has 0 radical (unpaired) electrons. The maximum atomic E-state index is 12.1. The molecule has 0 saturated heterocycles. The lowest BCUT2D eigenvalue weighted by Gasteiger charge is -2.20. The zero-order valence-corrected chi connectivity index (χ0v) is 22.2. The van der Waals surface area contributed by atoms with Crippen LogP contribution in [-0.4, -0.2) is 66.7 Å². The first kappa shape index (κ1) is 34.1. The third-order valence-corrected chi connectivity index (χ3v) is 5.34. The van der Waals surface area contributed by atoms with E-state index in [1.165, 1.54) is 0 Å². The number of nitrogens with two attached hydrogens (primary N) is 1. The van der Waals surface area contributed by atoms with Gasteiger partial charge in [-0.3, -0.25) is 14.4 Å². The van der Waals surface area contributed by atoms with Gasteiger partial charge in [-0.15, -0.1) is 12.8 Å². The van der Waals surface area contributed by atoms with Gasteiger partial charge >= 0.3 is 0 Å². The summed E-state index contributed by atoms with van der Waals surface area (Å²) in [7, 11) is 0. The van der Waals surface area contributed by atoms with Crippen molar-refractivity contribution in [1.29, 1.82) is 0 Å². The lowest BCUT2D eigenvalue weighted by Crippen LogP contribution is -2.35. The number of carbonyl (C=O) groups excluding carboxylic acids is 3. The van der Waals surface area contributed by atoms with Crippen molar-refractivity contribution in [2.45, 2.75) is 78.6 Å². The molecule has 0 fully saturated rings. The van der Waals surface area contributed by atoms with Crippen LogP contribution in [0.5, 0.6) is 0 Å². The average Bonchev–Trinajstić information content (AvgIpc) is 2.81. The van der Waals surface area contributed by atoms with Crippen LogP contribution in [0.15, 0.2) is 0 Å². The SMILES string of the molecule is C#CCN(CCCC(=O)C(C)CCCCNCl)C(=O)CCC.C#CCN(CCN)C(=O)CCC. The Morgan fingerprint density at radius 1 is 0.912 bits per heavy atom. The van der Waals surface area contributed by atoms with E-state index in [-0.39, 0.29) is 23.5 Å². The number of ketones is 1. The van der Waals surface area contributed by atoms with Gasteiger partial charge in [0.1, 0.15) is 5.78 Å². The Kier molecular flexibility index (Phi) is 24.2. The smallest absolute Gasteiger partial charge is 0.223 e. The Morgan fingerprint density at radius 3 is 1.88 bits per heavy atom. The summed E-state index contributed by atoms with van der Waals surface area (Å²) >= 11 is 5.39. The summed E-state index contributed by atoms with van der Waals surface area (Å²) in [5.41, 5.74) is 5.33. The Morgan fingerprint density at radius 2 is 1.44 bits per heavy atom. The van der Waals surface area contributed by atoms with Gasteiger partial charge in [0.15, 0.2) is 0 Å². The molecule has 0 heterocycles. The van der Waals surface area contributed by atoms with Gasteiger partial charge in [-0.25, -0.2) is 4.84 Å². The lowest BCUT2D eigenvalue weighted by atomic mass is 9.96. The number of hydrogen-bond donors (Lipinski definition) is 2. The second-order valence-electron chi connectivity index (χ2n) is 8.18. The van der Waals surface area contributed by atoms with Crippen molar-refractivity contribution in [3.8, 4) is 24.7 Å². The van der Waals surface area contributed by atoms with Crippen LogP contribution in [0.1, 0.15) is 78.6 Å². The molecule has 0 aliphatic rings. The summed E-state index contributed by atoms with van der Waals surface area (Å²) < 4.78 is 0.